The van der Waals surface area contributed by atoms with Crippen LogP contribution in [0.5, 0.6) is 0 Å². The second kappa shape index (κ2) is 5.82. The second-order valence-corrected chi connectivity index (χ2v) is 4.21. The molecular formula is C12H15ClO. The Balaban J connectivity index is 2.36. The lowest BCUT2D eigenvalue weighted by Crippen LogP contribution is -2.00. The molecule has 0 fully saturated rings. The number of ketones is 1. The quantitative estimate of drug-likeness (QED) is 0.536. The van der Waals surface area contributed by atoms with Crippen molar-refractivity contribution in [2.45, 2.75) is 31.6 Å². The van der Waals surface area contributed by atoms with Crippen molar-refractivity contribution in [1.82, 2.24) is 0 Å². The molecule has 1 nitrogen and oxygen atoms in total. The molecule has 1 aromatic rings. The number of carbonyl (C=O) groups excluding carboxylic acids is 1. The van der Waals surface area contributed by atoms with E-state index in [1.165, 1.54) is 0 Å². The molecule has 2 heteroatoms. The van der Waals surface area contributed by atoms with Crippen molar-refractivity contribution in [3.8, 4) is 0 Å². The highest BCUT2D eigenvalue weighted by Crippen LogP contribution is 2.10. The Labute approximate surface area is 90.1 Å². The Hall–Kier alpha value is -0.820. The van der Waals surface area contributed by atoms with E-state index < -0.39 is 0 Å². The van der Waals surface area contributed by atoms with Gasteiger partial charge in [-0.3, -0.25) is 4.79 Å². The summed E-state index contributed by atoms with van der Waals surface area (Å²) in [6.07, 6.45) is 2.37. The van der Waals surface area contributed by atoms with E-state index in [9.17, 15) is 4.79 Å². The largest absolute Gasteiger partial charge is 0.294 e. The van der Waals surface area contributed by atoms with Crippen molar-refractivity contribution >= 4 is 17.4 Å². The summed E-state index contributed by atoms with van der Waals surface area (Å²) in [5, 5.41) is 0.165. The first kappa shape index (κ1) is 11.3. The van der Waals surface area contributed by atoms with Crippen LogP contribution in [0.4, 0.5) is 0 Å². The van der Waals surface area contributed by atoms with Crippen LogP contribution in [0.1, 0.15) is 36.5 Å². The topological polar surface area (TPSA) is 17.1 Å². The Morgan fingerprint density at radius 2 is 2.00 bits per heavy atom. The fraction of sp³-hybridized carbons (Fsp3) is 0.417. The Bertz CT molecular complexity index is 280. The molecule has 0 spiro atoms. The number of rotatable bonds is 5. The van der Waals surface area contributed by atoms with E-state index >= 15 is 0 Å². The summed E-state index contributed by atoms with van der Waals surface area (Å²) in [7, 11) is 0. The molecule has 1 rings (SSSR count). The molecule has 1 unspecified atom stereocenters. The number of hydrogen-bond donors (Lipinski definition) is 0. The van der Waals surface area contributed by atoms with Crippen molar-refractivity contribution in [2.75, 3.05) is 0 Å². The number of hydrogen-bond acceptors (Lipinski definition) is 1. The maximum atomic E-state index is 11.6. The van der Waals surface area contributed by atoms with Gasteiger partial charge in [0.2, 0.25) is 0 Å². The molecule has 0 aliphatic rings. The van der Waals surface area contributed by atoms with E-state index in [1.54, 1.807) is 0 Å². The first-order chi connectivity index (χ1) is 6.70. The van der Waals surface area contributed by atoms with Gasteiger partial charge in [0.05, 0.1) is 0 Å². The van der Waals surface area contributed by atoms with E-state index in [0.29, 0.717) is 6.42 Å². The van der Waals surface area contributed by atoms with Crippen LogP contribution < -0.4 is 0 Å². The summed E-state index contributed by atoms with van der Waals surface area (Å²) in [4.78, 5) is 11.6. The van der Waals surface area contributed by atoms with Gasteiger partial charge in [-0.15, -0.1) is 11.6 Å². The van der Waals surface area contributed by atoms with Crippen LogP contribution in [0.3, 0.4) is 0 Å². The highest BCUT2D eigenvalue weighted by atomic mass is 35.5. The molecule has 14 heavy (non-hydrogen) atoms. The number of alkyl halides is 1. The Morgan fingerprint density at radius 1 is 1.36 bits per heavy atom. The number of benzene rings is 1. The van der Waals surface area contributed by atoms with Gasteiger partial charge in [0.1, 0.15) is 0 Å². The van der Waals surface area contributed by atoms with Gasteiger partial charge in [0.15, 0.2) is 5.78 Å². The summed E-state index contributed by atoms with van der Waals surface area (Å²) in [5.41, 5.74) is 0.801. The normalized spacial score (nSPS) is 12.4. The zero-order chi connectivity index (χ0) is 10.4. The van der Waals surface area contributed by atoms with Gasteiger partial charge in [-0.25, -0.2) is 0 Å². The Kier molecular flexibility index (Phi) is 4.68. The fourth-order valence-corrected chi connectivity index (χ4v) is 1.47. The average molecular weight is 211 g/mol. The van der Waals surface area contributed by atoms with Gasteiger partial charge in [-0.2, -0.15) is 0 Å². The van der Waals surface area contributed by atoms with E-state index in [-0.39, 0.29) is 11.2 Å². The summed E-state index contributed by atoms with van der Waals surface area (Å²) in [6, 6.07) is 9.39. The molecule has 0 saturated carbocycles. The zero-order valence-corrected chi connectivity index (χ0v) is 9.13. The van der Waals surface area contributed by atoms with Crippen LogP contribution in [0.2, 0.25) is 0 Å². The van der Waals surface area contributed by atoms with Crippen molar-refractivity contribution in [3.05, 3.63) is 35.9 Å². The average Bonchev–Trinajstić information content (AvgIpc) is 2.18. The lowest BCUT2D eigenvalue weighted by atomic mass is 10.1. The lowest BCUT2D eigenvalue weighted by molar-refractivity contribution is 0.0979. The lowest BCUT2D eigenvalue weighted by Gasteiger charge is -2.02. The molecule has 1 aromatic carbocycles. The van der Waals surface area contributed by atoms with Crippen LogP contribution in [0, 0.1) is 0 Å². The van der Waals surface area contributed by atoms with Crippen molar-refractivity contribution in [1.29, 1.82) is 0 Å². The maximum absolute atomic E-state index is 11.6. The first-order valence-electron chi connectivity index (χ1n) is 4.92. The van der Waals surface area contributed by atoms with Crippen LogP contribution in [-0.2, 0) is 0 Å². The van der Waals surface area contributed by atoms with Crippen LogP contribution >= 0.6 is 11.6 Å². The summed E-state index contributed by atoms with van der Waals surface area (Å²) < 4.78 is 0. The third-order valence-electron chi connectivity index (χ3n) is 2.10. The molecule has 0 radical (unpaired) electrons. The highest BCUT2D eigenvalue weighted by Gasteiger charge is 2.05. The van der Waals surface area contributed by atoms with Gasteiger partial charge in [0.25, 0.3) is 0 Å². The monoisotopic (exact) mass is 210 g/mol. The number of halogens is 1. The SMILES string of the molecule is CC(Cl)CCCC(=O)c1ccccc1. The predicted octanol–water partition coefficient (Wildman–Crippen LogP) is 3.67. The molecule has 0 aliphatic carbocycles. The third kappa shape index (κ3) is 3.93. The molecule has 0 N–H and O–H groups in total. The van der Waals surface area contributed by atoms with E-state index in [1.807, 2.05) is 37.3 Å². The molecule has 1 atom stereocenters. The molecule has 0 aromatic heterocycles. The van der Waals surface area contributed by atoms with Crippen molar-refractivity contribution in [3.63, 3.8) is 0 Å². The molecule has 0 amide bonds. The van der Waals surface area contributed by atoms with Crippen LogP contribution in [0.25, 0.3) is 0 Å². The summed E-state index contributed by atoms with van der Waals surface area (Å²) in [5.74, 6) is 0.211. The zero-order valence-electron chi connectivity index (χ0n) is 8.37. The second-order valence-electron chi connectivity index (χ2n) is 3.46. The van der Waals surface area contributed by atoms with Gasteiger partial charge in [-0.05, 0) is 19.8 Å². The molecular weight excluding hydrogens is 196 g/mol. The van der Waals surface area contributed by atoms with Gasteiger partial charge >= 0.3 is 0 Å². The van der Waals surface area contributed by atoms with E-state index in [4.69, 9.17) is 11.6 Å². The minimum Gasteiger partial charge on any atom is -0.294 e. The molecule has 0 aliphatic heterocycles. The van der Waals surface area contributed by atoms with Crippen molar-refractivity contribution < 1.29 is 4.79 Å². The molecule has 76 valence electrons. The van der Waals surface area contributed by atoms with Gasteiger partial charge in [-0.1, -0.05) is 30.3 Å². The molecule has 0 bridgehead atoms. The van der Waals surface area contributed by atoms with Crippen molar-refractivity contribution in [2.24, 2.45) is 0 Å². The smallest absolute Gasteiger partial charge is 0.162 e. The summed E-state index contributed by atoms with van der Waals surface area (Å²) >= 11 is 5.80. The maximum Gasteiger partial charge on any atom is 0.162 e. The minimum atomic E-state index is 0.165. The van der Waals surface area contributed by atoms with Crippen LogP contribution in [0.15, 0.2) is 30.3 Å². The standard InChI is InChI=1S/C12H15ClO/c1-10(13)6-5-9-12(14)11-7-3-2-4-8-11/h2-4,7-8,10H,5-6,9H2,1H3. The van der Waals surface area contributed by atoms with E-state index in [0.717, 1.165) is 18.4 Å². The molecule has 0 saturated heterocycles. The van der Waals surface area contributed by atoms with Gasteiger partial charge in [0, 0.05) is 17.4 Å². The predicted molar refractivity (Wildman–Crippen MR) is 59.9 cm³/mol. The number of Topliss-reactive ketones (excluding diaryl/α,β-unsaturated/α-hetero) is 1. The van der Waals surface area contributed by atoms with E-state index in [2.05, 4.69) is 0 Å². The summed E-state index contributed by atoms with van der Waals surface area (Å²) in [6.45, 7) is 1.95. The van der Waals surface area contributed by atoms with Crippen LogP contribution in [-0.4, -0.2) is 11.2 Å². The first-order valence-corrected chi connectivity index (χ1v) is 5.36. The number of carbonyl (C=O) groups is 1. The molecule has 0 heterocycles. The fourth-order valence-electron chi connectivity index (χ4n) is 1.31. The Morgan fingerprint density at radius 3 is 2.57 bits per heavy atom. The highest BCUT2D eigenvalue weighted by molar-refractivity contribution is 6.20. The minimum absolute atomic E-state index is 0.165. The third-order valence-corrected chi connectivity index (χ3v) is 2.32. The van der Waals surface area contributed by atoms with Gasteiger partial charge < -0.3 is 0 Å².